The summed E-state index contributed by atoms with van der Waals surface area (Å²) in [5.74, 6) is 0. The molecule has 3 N–H and O–H groups in total. The van der Waals surface area contributed by atoms with Crippen LogP contribution in [0.1, 0.15) is 44.2 Å². The lowest BCUT2D eigenvalue weighted by Crippen LogP contribution is -2.45. The Hall–Kier alpha value is -2.34. The molecule has 0 aliphatic heterocycles. The van der Waals surface area contributed by atoms with E-state index in [9.17, 15) is 9.90 Å². The van der Waals surface area contributed by atoms with Crippen LogP contribution in [0.25, 0.3) is 5.69 Å². The second-order valence-electron chi connectivity index (χ2n) is 6.55. The summed E-state index contributed by atoms with van der Waals surface area (Å²) in [4.78, 5) is 16.1. The van der Waals surface area contributed by atoms with Gasteiger partial charge in [0.05, 0.1) is 18.0 Å². The number of nitrogens with zero attached hydrogens (tertiary/aromatic N) is 2. The number of carbonyl (C=O) groups is 1. The molecule has 6 nitrogen and oxygen atoms in total. The van der Waals surface area contributed by atoms with Crippen LogP contribution in [0.4, 0.5) is 4.79 Å². The topological polar surface area (TPSA) is 79.2 Å². The minimum atomic E-state index is -0.734. The summed E-state index contributed by atoms with van der Waals surface area (Å²) in [6.45, 7) is 2.25. The minimum Gasteiger partial charge on any atom is -0.388 e. The first-order valence-electron chi connectivity index (χ1n) is 8.41. The molecule has 128 valence electrons. The molecular formula is C18H24N4O2. The first kappa shape index (κ1) is 16.5. The van der Waals surface area contributed by atoms with Crippen molar-refractivity contribution in [3.8, 4) is 5.69 Å². The highest BCUT2D eigenvalue weighted by Crippen LogP contribution is 2.28. The number of hydrogen-bond donors (Lipinski definition) is 3. The van der Waals surface area contributed by atoms with Gasteiger partial charge in [-0.1, -0.05) is 25.0 Å². The molecule has 0 bridgehead atoms. The van der Waals surface area contributed by atoms with E-state index in [0.717, 1.165) is 36.9 Å². The quantitative estimate of drug-likeness (QED) is 0.789. The zero-order valence-corrected chi connectivity index (χ0v) is 13.9. The number of hydrogen-bond acceptors (Lipinski definition) is 3. The second kappa shape index (κ2) is 7.05. The fourth-order valence-electron chi connectivity index (χ4n) is 3.15. The SMILES string of the molecule is CC(NC(=O)NCC1(O)CCCC1)c1cccc(-n2ccnc2)c1. The Labute approximate surface area is 141 Å². The van der Waals surface area contributed by atoms with Crippen LogP contribution in [0.5, 0.6) is 0 Å². The molecule has 1 aromatic carbocycles. The van der Waals surface area contributed by atoms with Gasteiger partial charge in [-0.15, -0.1) is 0 Å². The number of amides is 2. The van der Waals surface area contributed by atoms with E-state index in [1.54, 1.807) is 12.5 Å². The van der Waals surface area contributed by atoms with Gasteiger partial charge in [-0.25, -0.2) is 9.78 Å². The first-order chi connectivity index (χ1) is 11.6. The van der Waals surface area contributed by atoms with Crippen LogP contribution < -0.4 is 10.6 Å². The molecule has 0 radical (unpaired) electrons. The number of nitrogens with one attached hydrogen (secondary N) is 2. The molecule has 1 saturated carbocycles. The summed E-state index contributed by atoms with van der Waals surface area (Å²) in [5, 5.41) is 16.0. The fraction of sp³-hybridized carbons (Fsp3) is 0.444. The van der Waals surface area contributed by atoms with E-state index in [-0.39, 0.29) is 12.1 Å². The molecule has 1 unspecified atom stereocenters. The van der Waals surface area contributed by atoms with Crippen molar-refractivity contribution < 1.29 is 9.90 Å². The third kappa shape index (κ3) is 3.94. The molecule has 3 rings (SSSR count). The Kier molecular flexibility index (Phi) is 4.85. The molecule has 1 fully saturated rings. The van der Waals surface area contributed by atoms with Crippen LogP contribution in [0.15, 0.2) is 43.0 Å². The Morgan fingerprint density at radius 2 is 2.21 bits per heavy atom. The molecule has 1 aromatic heterocycles. The molecule has 1 heterocycles. The van der Waals surface area contributed by atoms with Gasteiger partial charge in [0.1, 0.15) is 0 Å². The number of carbonyl (C=O) groups excluding carboxylic acids is 1. The van der Waals surface area contributed by atoms with Crippen LogP contribution in [0.2, 0.25) is 0 Å². The second-order valence-corrected chi connectivity index (χ2v) is 6.55. The highest BCUT2D eigenvalue weighted by Gasteiger charge is 2.31. The zero-order valence-electron chi connectivity index (χ0n) is 13.9. The number of aromatic nitrogens is 2. The molecule has 1 aliphatic rings. The molecule has 2 amide bonds. The van der Waals surface area contributed by atoms with Crippen LogP contribution in [-0.2, 0) is 0 Å². The van der Waals surface area contributed by atoms with Gasteiger partial charge >= 0.3 is 6.03 Å². The molecule has 1 aliphatic carbocycles. The van der Waals surface area contributed by atoms with E-state index < -0.39 is 5.60 Å². The van der Waals surface area contributed by atoms with Crippen LogP contribution >= 0.6 is 0 Å². The maximum absolute atomic E-state index is 12.1. The van der Waals surface area contributed by atoms with Gasteiger partial charge in [-0.2, -0.15) is 0 Å². The third-order valence-electron chi connectivity index (χ3n) is 4.63. The predicted octanol–water partition coefficient (Wildman–Crippen LogP) is 2.54. The van der Waals surface area contributed by atoms with Crippen molar-refractivity contribution in [3.05, 3.63) is 48.5 Å². The van der Waals surface area contributed by atoms with Crippen LogP contribution in [0.3, 0.4) is 0 Å². The Bertz CT molecular complexity index is 678. The van der Waals surface area contributed by atoms with Gasteiger partial charge in [-0.05, 0) is 37.5 Å². The van der Waals surface area contributed by atoms with Gasteiger partial charge in [-0.3, -0.25) is 0 Å². The molecule has 1 atom stereocenters. The number of aliphatic hydroxyl groups is 1. The van der Waals surface area contributed by atoms with Gasteiger partial charge < -0.3 is 20.3 Å². The maximum atomic E-state index is 12.1. The summed E-state index contributed by atoms with van der Waals surface area (Å²) in [5.41, 5.74) is 1.28. The minimum absolute atomic E-state index is 0.133. The van der Waals surface area contributed by atoms with E-state index in [1.807, 2.05) is 42.0 Å². The summed E-state index contributed by atoms with van der Waals surface area (Å²) < 4.78 is 1.92. The molecule has 6 heteroatoms. The van der Waals surface area contributed by atoms with Crippen LogP contribution in [-0.4, -0.2) is 32.8 Å². The van der Waals surface area contributed by atoms with Crippen molar-refractivity contribution in [2.24, 2.45) is 0 Å². The smallest absolute Gasteiger partial charge is 0.315 e. The predicted molar refractivity (Wildman–Crippen MR) is 91.9 cm³/mol. The lowest BCUT2D eigenvalue weighted by atomic mass is 10.0. The summed E-state index contributed by atoms with van der Waals surface area (Å²) in [7, 11) is 0. The van der Waals surface area contributed by atoms with E-state index in [2.05, 4.69) is 15.6 Å². The number of urea groups is 1. The normalized spacial score (nSPS) is 17.4. The third-order valence-corrected chi connectivity index (χ3v) is 4.63. The van der Waals surface area contributed by atoms with Crippen molar-refractivity contribution in [1.29, 1.82) is 0 Å². The standard InChI is InChI=1S/C18H24N4O2/c1-14(21-17(23)20-12-18(24)7-2-3-8-18)15-5-4-6-16(11-15)22-10-9-19-13-22/h4-6,9-11,13-14,24H,2-3,7-8,12H2,1H3,(H2,20,21,23). The van der Waals surface area contributed by atoms with Gasteiger partial charge in [0.2, 0.25) is 0 Å². The summed E-state index contributed by atoms with van der Waals surface area (Å²) in [6, 6.07) is 7.57. The van der Waals surface area contributed by atoms with Crippen molar-refractivity contribution in [2.75, 3.05) is 6.54 Å². The summed E-state index contributed by atoms with van der Waals surface area (Å²) >= 11 is 0. The van der Waals surface area contributed by atoms with Gasteiger partial charge in [0.25, 0.3) is 0 Å². The van der Waals surface area contributed by atoms with E-state index in [0.29, 0.717) is 6.54 Å². The van der Waals surface area contributed by atoms with Crippen LogP contribution in [0, 0.1) is 0 Å². The fourth-order valence-corrected chi connectivity index (χ4v) is 3.15. The highest BCUT2D eigenvalue weighted by atomic mass is 16.3. The summed E-state index contributed by atoms with van der Waals surface area (Å²) in [6.07, 6.45) is 8.92. The largest absolute Gasteiger partial charge is 0.388 e. The lowest BCUT2D eigenvalue weighted by Gasteiger charge is -2.23. The van der Waals surface area contributed by atoms with E-state index in [1.165, 1.54) is 0 Å². The van der Waals surface area contributed by atoms with Gasteiger partial charge in [0.15, 0.2) is 0 Å². The molecule has 0 saturated heterocycles. The Morgan fingerprint density at radius 3 is 2.92 bits per heavy atom. The average molecular weight is 328 g/mol. The van der Waals surface area contributed by atoms with Crippen molar-refractivity contribution >= 4 is 6.03 Å². The number of benzene rings is 1. The van der Waals surface area contributed by atoms with Crippen molar-refractivity contribution in [3.63, 3.8) is 0 Å². The Balaban J connectivity index is 1.57. The molecular weight excluding hydrogens is 304 g/mol. The number of imidazole rings is 1. The Morgan fingerprint density at radius 1 is 1.42 bits per heavy atom. The lowest BCUT2D eigenvalue weighted by molar-refractivity contribution is 0.0500. The molecule has 2 aromatic rings. The highest BCUT2D eigenvalue weighted by molar-refractivity contribution is 5.74. The van der Waals surface area contributed by atoms with Crippen molar-refractivity contribution in [2.45, 2.75) is 44.2 Å². The van der Waals surface area contributed by atoms with E-state index in [4.69, 9.17) is 0 Å². The van der Waals surface area contributed by atoms with E-state index >= 15 is 0 Å². The molecule has 0 spiro atoms. The van der Waals surface area contributed by atoms with Gasteiger partial charge in [0, 0.05) is 24.6 Å². The average Bonchev–Trinajstić information content (AvgIpc) is 3.25. The maximum Gasteiger partial charge on any atom is 0.315 e. The van der Waals surface area contributed by atoms with Crippen molar-refractivity contribution in [1.82, 2.24) is 20.2 Å². The monoisotopic (exact) mass is 328 g/mol. The molecule has 24 heavy (non-hydrogen) atoms. The number of rotatable bonds is 5. The first-order valence-corrected chi connectivity index (χ1v) is 8.41. The zero-order chi connectivity index (χ0) is 17.0.